The van der Waals surface area contributed by atoms with E-state index in [0.29, 0.717) is 5.82 Å². The fourth-order valence-corrected chi connectivity index (χ4v) is 2.29. The number of para-hydroxylation sites is 1. The van der Waals surface area contributed by atoms with Crippen molar-refractivity contribution in [3.05, 3.63) is 30.1 Å². The predicted octanol–water partition coefficient (Wildman–Crippen LogP) is -0.373. The molecule has 0 atom stereocenters. The maximum atomic E-state index is 5.98. The molecule has 0 radical (unpaired) electrons. The van der Waals surface area contributed by atoms with Crippen molar-refractivity contribution in [2.24, 2.45) is 0 Å². The van der Waals surface area contributed by atoms with Crippen LogP contribution in [0, 0.1) is 0 Å². The molecule has 5 heteroatoms. The molecule has 1 fully saturated rings. The van der Waals surface area contributed by atoms with Gasteiger partial charge in [0.25, 0.3) is 0 Å². The molecule has 1 aromatic carbocycles. The summed E-state index contributed by atoms with van der Waals surface area (Å²) in [7, 11) is 0. The third-order valence-corrected chi connectivity index (χ3v) is 3.29. The molecule has 3 rings (SSSR count). The van der Waals surface area contributed by atoms with Crippen LogP contribution in [0.15, 0.2) is 24.3 Å². The van der Waals surface area contributed by atoms with Crippen LogP contribution in [-0.4, -0.2) is 36.3 Å². The summed E-state index contributed by atoms with van der Waals surface area (Å²) in [5, 5.41) is 0.929. The number of rotatable bonds is 2. The Morgan fingerprint density at radius 3 is 2.78 bits per heavy atom. The van der Waals surface area contributed by atoms with E-state index in [-0.39, 0.29) is 0 Å². The van der Waals surface area contributed by atoms with Crippen molar-refractivity contribution in [3.8, 4) is 0 Å². The molecule has 1 aliphatic rings. The Kier molecular flexibility index (Phi) is 3.08. The molecule has 94 valence electrons. The zero-order valence-electron chi connectivity index (χ0n) is 10.2. The van der Waals surface area contributed by atoms with Gasteiger partial charge in [0.05, 0.1) is 18.7 Å². The zero-order valence-corrected chi connectivity index (χ0v) is 10.2. The molecule has 1 aromatic heterocycles. The highest BCUT2D eigenvalue weighted by atomic mass is 16.5. The molecule has 0 aliphatic carbocycles. The fourth-order valence-electron chi connectivity index (χ4n) is 2.29. The monoisotopic (exact) mass is 245 g/mol. The zero-order chi connectivity index (χ0) is 12.4. The van der Waals surface area contributed by atoms with Crippen molar-refractivity contribution in [2.45, 2.75) is 6.54 Å². The number of nitrogen functional groups attached to an aromatic ring is 1. The van der Waals surface area contributed by atoms with Gasteiger partial charge < -0.3 is 15.4 Å². The Morgan fingerprint density at radius 1 is 1.17 bits per heavy atom. The maximum absolute atomic E-state index is 5.98. The van der Waals surface area contributed by atoms with E-state index in [0.717, 1.165) is 49.6 Å². The second-order valence-electron chi connectivity index (χ2n) is 4.58. The molecular formula is C13H17N4O+. The summed E-state index contributed by atoms with van der Waals surface area (Å²) in [6, 6.07) is 7.86. The lowest BCUT2D eigenvalue weighted by molar-refractivity contribution is -0.922. The summed E-state index contributed by atoms with van der Waals surface area (Å²) in [4.78, 5) is 10.4. The van der Waals surface area contributed by atoms with Crippen LogP contribution in [0.1, 0.15) is 5.82 Å². The average molecular weight is 245 g/mol. The average Bonchev–Trinajstić information content (AvgIpc) is 2.40. The molecule has 0 saturated carbocycles. The smallest absolute Gasteiger partial charge is 0.186 e. The molecular weight excluding hydrogens is 228 g/mol. The molecule has 0 unspecified atom stereocenters. The van der Waals surface area contributed by atoms with E-state index in [4.69, 9.17) is 10.5 Å². The number of nitrogens with two attached hydrogens (primary N) is 1. The van der Waals surface area contributed by atoms with Gasteiger partial charge in [-0.1, -0.05) is 12.1 Å². The summed E-state index contributed by atoms with van der Waals surface area (Å²) in [5.74, 6) is 1.39. The largest absolute Gasteiger partial charge is 0.383 e. The van der Waals surface area contributed by atoms with Gasteiger partial charge in [0.2, 0.25) is 0 Å². The summed E-state index contributed by atoms with van der Waals surface area (Å²) in [5.41, 5.74) is 6.90. The fraction of sp³-hybridized carbons (Fsp3) is 0.385. The van der Waals surface area contributed by atoms with E-state index in [1.165, 1.54) is 4.90 Å². The van der Waals surface area contributed by atoms with Gasteiger partial charge in [0.1, 0.15) is 25.5 Å². The molecule has 2 aromatic rings. The van der Waals surface area contributed by atoms with Crippen LogP contribution in [0.25, 0.3) is 10.9 Å². The van der Waals surface area contributed by atoms with Gasteiger partial charge in [0.15, 0.2) is 5.82 Å². The lowest BCUT2D eigenvalue weighted by Crippen LogP contribution is -3.12. The third kappa shape index (κ3) is 2.27. The van der Waals surface area contributed by atoms with Crippen LogP contribution in [0.3, 0.4) is 0 Å². The van der Waals surface area contributed by atoms with E-state index in [1.807, 2.05) is 24.3 Å². The predicted molar refractivity (Wildman–Crippen MR) is 69.2 cm³/mol. The number of hydrogen-bond acceptors (Lipinski definition) is 4. The van der Waals surface area contributed by atoms with Crippen molar-refractivity contribution >= 4 is 16.7 Å². The minimum atomic E-state index is 0.572. The molecule has 1 saturated heterocycles. The number of anilines is 1. The Labute approximate surface area is 106 Å². The number of hydrogen-bond donors (Lipinski definition) is 2. The minimum absolute atomic E-state index is 0.572. The second kappa shape index (κ2) is 4.88. The Bertz CT molecular complexity index is 552. The Hall–Kier alpha value is -1.72. The van der Waals surface area contributed by atoms with Crippen molar-refractivity contribution in [3.63, 3.8) is 0 Å². The molecule has 2 heterocycles. The first kappa shape index (κ1) is 11.4. The van der Waals surface area contributed by atoms with Gasteiger partial charge in [0, 0.05) is 5.39 Å². The van der Waals surface area contributed by atoms with Gasteiger partial charge in [-0.15, -0.1) is 0 Å². The van der Waals surface area contributed by atoms with Gasteiger partial charge in [-0.25, -0.2) is 9.97 Å². The third-order valence-electron chi connectivity index (χ3n) is 3.29. The highest BCUT2D eigenvalue weighted by Gasteiger charge is 2.16. The summed E-state index contributed by atoms with van der Waals surface area (Å²) in [6.45, 7) is 4.47. The van der Waals surface area contributed by atoms with Crippen molar-refractivity contribution < 1.29 is 9.64 Å². The van der Waals surface area contributed by atoms with E-state index >= 15 is 0 Å². The van der Waals surface area contributed by atoms with Gasteiger partial charge in [-0.2, -0.15) is 0 Å². The van der Waals surface area contributed by atoms with Crippen molar-refractivity contribution in [2.75, 3.05) is 32.0 Å². The number of morpholine rings is 1. The van der Waals surface area contributed by atoms with Crippen LogP contribution < -0.4 is 10.6 Å². The number of quaternary nitrogens is 1. The summed E-state index contributed by atoms with van der Waals surface area (Å²) >= 11 is 0. The number of benzene rings is 1. The van der Waals surface area contributed by atoms with E-state index < -0.39 is 0 Å². The first-order valence-corrected chi connectivity index (χ1v) is 6.25. The van der Waals surface area contributed by atoms with Crippen LogP contribution in [0.5, 0.6) is 0 Å². The van der Waals surface area contributed by atoms with Crippen LogP contribution >= 0.6 is 0 Å². The molecule has 5 nitrogen and oxygen atoms in total. The molecule has 1 aliphatic heterocycles. The van der Waals surface area contributed by atoms with E-state index in [9.17, 15) is 0 Å². The highest BCUT2D eigenvalue weighted by Crippen LogP contribution is 2.16. The lowest BCUT2D eigenvalue weighted by atomic mass is 10.2. The van der Waals surface area contributed by atoms with E-state index in [1.54, 1.807) is 0 Å². The normalized spacial score (nSPS) is 17.1. The Morgan fingerprint density at radius 2 is 1.94 bits per heavy atom. The van der Waals surface area contributed by atoms with E-state index in [2.05, 4.69) is 9.97 Å². The standard InChI is InChI=1S/C13H16N4O/c14-13-10-3-1-2-4-11(10)15-12(16-13)9-17-5-7-18-8-6-17/h1-4H,5-9H2,(H2,14,15,16)/p+1. The molecule has 3 N–H and O–H groups in total. The minimum Gasteiger partial charge on any atom is -0.383 e. The number of nitrogens with zero attached hydrogens (tertiary/aromatic N) is 2. The molecule has 0 amide bonds. The summed E-state index contributed by atoms with van der Waals surface area (Å²) in [6.07, 6.45) is 0. The number of fused-ring (bicyclic) bond motifs is 1. The quantitative estimate of drug-likeness (QED) is 0.757. The number of aromatic nitrogens is 2. The number of nitrogens with one attached hydrogen (secondary N) is 1. The molecule has 0 spiro atoms. The first-order valence-electron chi connectivity index (χ1n) is 6.25. The maximum Gasteiger partial charge on any atom is 0.186 e. The van der Waals surface area contributed by atoms with Gasteiger partial charge in [-0.3, -0.25) is 0 Å². The van der Waals surface area contributed by atoms with Crippen molar-refractivity contribution in [1.29, 1.82) is 0 Å². The van der Waals surface area contributed by atoms with Gasteiger partial charge >= 0.3 is 0 Å². The Balaban J connectivity index is 1.87. The second-order valence-corrected chi connectivity index (χ2v) is 4.58. The van der Waals surface area contributed by atoms with Crippen LogP contribution in [0.4, 0.5) is 5.82 Å². The molecule has 0 bridgehead atoms. The number of ether oxygens (including phenoxy) is 1. The van der Waals surface area contributed by atoms with Crippen molar-refractivity contribution in [1.82, 2.24) is 9.97 Å². The summed E-state index contributed by atoms with van der Waals surface area (Å²) < 4.78 is 5.35. The lowest BCUT2D eigenvalue weighted by Gasteiger charge is -2.23. The van der Waals surface area contributed by atoms with Crippen LogP contribution in [0.2, 0.25) is 0 Å². The topological polar surface area (TPSA) is 65.5 Å². The van der Waals surface area contributed by atoms with Crippen LogP contribution in [-0.2, 0) is 11.3 Å². The first-order chi connectivity index (χ1) is 8.83. The molecule has 18 heavy (non-hydrogen) atoms. The highest BCUT2D eigenvalue weighted by molar-refractivity contribution is 5.87. The SMILES string of the molecule is Nc1nc(C[NH+]2CCOCC2)nc2ccccc12. The van der Waals surface area contributed by atoms with Gasteiger partial charge in [-0.05, 0) is 12.1 Å².